The molecule has 1 amide bonds. The summed E-state index contributed by atoms with van der Waals surface area (Å²) in [5.41, 5.74) is 0.112. The molecule has 0 bridgehead atoms. The summed E-state index contributed by atoms with van der Waals surface area (Å²) in [5.74, 6) is -0.283. The predicted octanol–water partition coefficient (Wildman–Crippen LogP) is 1.49. The van der Waals surface area contributed by atoms with Gasteiger partial charge in [-0.2, -0.15) is 0 Å². The van der Waals surface area contributed by atoms with Crippen LogP contribution in [-0.4, -0.2) is 35.7 Å². The van der Waals surface area contributed by atoms with Gasteiger partial charge in [0.2, 0.25) is 0 Å². The average molecular weight is 282 g/mol. The van der Waals surface area contributed by atoms with Gasteiger partial charge in [0.15, 0.2) is 5.75 Å². The zero-order chi connectivity index (χ0) is 15.1. The Hall–Kier alpha value is -2.15. The zero-order valence-electron chi connectivity index (χ0n) is 11.5. The molecule has 1 unspecified atom stereocenters. The third-order valence-electron chi connectivity index (χ3n) is 2.81. The SMILES string of the molecule is COc1cc(C(=O)NC(C)CCCO)ccc1[N+](=O)[O-]. The zero-order valence-corrected chi connectivity index (χ0v) is 11.5. The number of ether oxygens (including phenoxy) is 1. The maximum absolute atomic E-state index is 12.0. The van der Waals surface area contributed by atoms with Crippen LogP contribution in [0.15, 0.2) is 18.2 Å². The molecule has 20 heavy (non-hydrogen) atoms. The normalized spacial score (nSPS) is 11.8. The largest absolute Gasteiger partial charge is 0.490 e. The number of nitrogens with zero attached hydrogens (tertiary/aromatic N) is 1. The van der Waals surface area contributed by atoms with E-state index < -0.39 is 4.92 Å². The van der Waals surface area contributed by atoms with Gasteiger partial charge in [0.1, 0.15) is 0 Å². The lowest BCUT2D eigenvalue weighted by molar-refractivity contribution is -0.385. The van der Waals surface area contributed by atoms with E-state index in [4.69, 9.17) is 9.84 Å². The number of carbonyl (C=O) groups is 1. The molecule has 0 aliphatic heterocycles. The van der Waals surface area contributed by atoms with E-state index in [1.807, 2.05) is 6.92 Å². The van der Waals surface area contributed by atoms with E-state index in [0.29, 0.717) is 18.4 Å². The fourth-order valence-electron chi connectivity index (χ4n) is 1.75. The number of carbonyl (C=O) groups excluding carboxylic acids is 1. The van der Waals surface area contributed by atoms with Crippen molar-refractivity contribution >= 4 is 11.6 Å². The number of aliphatic hydroxyl groups is 1. The van der Waals surface area contributed by atoms with Crippen molar-refractivity contribution in [2.45, 2.75) is 25.8 Å². The second-order valence-electron chi connectivity index (χ2n) is 4.38. The number of methoxy groups -OCH3 is 1. The highest BCUT2D eigenvalue weighted by atomic mass is 16.6. The molecule has 1 aromatic carbocycles. The van der Waals surface area contributed by atoms with Crippen molar-refractivity contribution in [3.05, 3.63) is 33.9 Å². The topological polar surface area (TPSA) is 102 Å². The van der Waals surface area contributed by atoms with Gasteiger partial charge in [0.25, 0.3) is 5.91 Å². The van der Waals surface area contributed by atoms with Gasteiger partial charge in [0, 0.05) is 30.3 Å². The molecule has 1 atom stereocenters. The summed E-state index contributed by atoms with van der Waals surface area (Å²) >= 11 is 0. The maximum Gasteiger partial charge on any atom is 0.310 e. The first-order valence-corrected chi connectivity index (χ1v) is 6.23. The third-order valence-corrected chi connectivity index (χ3v) is 2.81. The van der Waals surface area contributed by atoms with Crippen LogP contribution in [0.5, 0.6) is 5.75 Å². The van der Waals surface area contributed by atoms with E-state index in [1.165, 1.54) is 25.3 Å². The van der Waals surface area contributed by atoms with E-state index >= 15 is 0 Å². The summed E-state index contributed by atoms with van der Waals surface area (Å²) in [7, 11) is 1.31. The summed E-state index contributed by atoms with van der Waals surface area (Å²) in [6.45, 7) is 1.90. The van der Waals surface area contributed by atoms with Crippen LogP contribution in [0.1, 0.15) is 30.1 Å². The third kappa shape index (κ3) is 4.20. The Morgan fingerprint density at radius 3 is 2.80 bits per heavy atom. The first-order valence-electron chi connectivity index (χ1n) is 6.23. The van der Waals surface area contributed by atoms with E-state index in [2.05, 4.69) is 5.32 Å². The molecule has 7 nitrogen and oxygen atoms in total. The number of benzene rings is 1. The van der Waals surface area contributed by atoms with Crippen molar-refractivity contribution in [1.82, 2.24) is 5.32 Å². The summed E-state index contributed by atoms with van der Waals surface area (Å²) in [6.07, 6.45) is 1.26. The summed E-state index contributed by atoms with van der Waals surface area (Å²) < 4.78 is 4.91. The first-order chi connectivity index (χ1) is 9.49. The van der Waals surface area contributed by atoms with Crippen LogP contribution in [0.25, 0.3) is 0 Å². The van der Waals surface area contributed by atoms with Crippen LogP contribution in [0.2, 0.25) is 0 Å². The fraction of sp³-hybridized carbons (Fsp3) is 0.462. The number of hydrogen-bond acceptors (Lipinski definition) is 5. The van der Waals surface area contributed by atoms with Crippen LogP contribution >= 0.6 is 0 Å². The second-order valence-corrected chi connectivity index (χ2v) is 4.38. The molecule has 1 rings (SSSR count). The molecule has 0 fully saturated rings. The molecule has 2 N–H and O–H groups in total. The smallest absolute Gasteiger partial charge is 0.310 e. The van der Waals surface area contributed by atoms with Crippen LogP contribution in [-0.2, 0) is 0 Å². The van der Waals surface area contributed by atoms with Crippen LogP contribution in [0.4, 0.5) is 5.69 Å². The molecule has 0 saturated carbocycles. The molecule has 0 saturated heterocycles. The van der Waals surface area contributed by atoms with Crippen molar-refractivity contribution in [2.24, 2.45) is 0 Å². The number of nitrogens with one attached hydrogen (secondary N) is 1. The molecule has 0 spiro atoms. The van der Waals surface area contributed by atoms with Crippen molar-refractivity contribution < 1.29 is 19.6 Å². The monoisotopic (exact) mass is 282 g/mol. The molecule has 1 aromatic rings. The molecule has 0 aromatic heterocycles. The van der Waals surface area contributed by atoms with E-state index in [1.54, 1.807) is 0 Å². The molecule has 0 aliphatic rings. The van der Waals surface area contributed by atoms with Crippen molar-refractivity contribution in [2.75, 3.05) is 13.7 Å². The van der Waals surface area contributed by atoms with Gasteiger partial charge in [-0.15, -0.1) is 0 Å². The molecular formula is C13H18N2O5. The van der Waals surface area contributed by atoms with Gasteiger partial charge in [-0.1, -0.05) is 0 Å². The summed E-state index contributed by atoms with van der Waals surface area (Å²) in [5, 5.41) is 22.2. The van der Waals surface area contributed by atoms with Crippen LogP contribution in [0.3, 0.4) is 0 Å². The Morgan fingerprint density at radius 1 is 1.55 bits per heavy atom. The lowest BCUT2D eigenvalue weighted by atomic mass is 10.1. The number of amides is 1. The predicted molar refractivity (Wildman–Crippen MR) is 72.9 cm³/mol. The van der Waals surface area contributed by atoms with Gasteiger partial charge < -0.3 is 15.2 Å². The molecule has 110 valence electrons. The Morgan fingerprint density at radius 2 is 2.25 bits per heavy atom. The highest BCUT2D eigenvalue weighted by Gasteiger charge is 2.18. The lowest BCUT2D eigenvalue weighted by Crippen LogP contribution is -2.32. The maximum atomic E-state index is 12.0. The van der Waals surface area contributed by atoms with Gasteiger partial charge in [0.05, 0.1) is 12.0 Å². The van der Waals surface area contributed by atoms with E-state index in [-0.39, 0.29) is 30.0 Å². The van der Waals surface area contributed by atoms with Crippen molar-refractivity contribution in [3.8, 4) is 5.75 Å². The number of aliphatic hydroxyl groups excluding tert-OH is 1. The van der Waals surface area contributed by atoms with Crippen molar-refractivity contribution in [3.63, 3.8) is 0 Å². The molecule has 0 aliphatic carbocycles. The number of nitro groups is 1. The molecule has 0 radical (unpaired) electrons. The highest BCUT2D eigenvalue weighted by Crippen LogP contribution is 2.27. The quantitative estimate of drug-likeness (QED) is 0.582. The van der Waals surface area contributed by atoms with E-state index in [9.17, 15) is 14.9 Å². The highest BCUT2D eigenvalue weighted by molar-refractivity contribution is 5.95. The van der Waals surface area contributed by atoms with Crippen LogP contribution in [0, 0.1) is 10.1 Å². The Balaban J connectivity index is 2.81. The fourth-order valence-corrected chi connectivity index (χ4v) is 1.75. The first kappa shape index (κ1) is 15.9. The van der Waals surface area contributed by atoms with Crippen molar-refractivity contribution in [1.29, 1.82) is 0 Å². The number of hydrogen-bond donors (Lipinski definition) is 2. The average Bonchev–Trinajstić information content (AvgIpc) is 2.44. The Labute approximate surface area is 116 Å². The van der Waals surface area contributed by atoms with Gasteiger partial charge >= 0.3 is 5.69 Å². The Bertz CT molecular complexity index is 490. The molecule has 0 heterocycles. The minimum Gasteiger partial charge on any atom is -0.490 e. The second kappa shape index (κ2) is 7.44. The van der Waals surface area contributed by atoms with Gasteiger partial charge in [-0.25, -0.2) is 0 Å². The lowest BCUT2D eigenvalue weighted by Gasteiger charge is -2.13. The standard InChI is InChI=1S/C13H18N2O5/c1-9(4-3-7-16)14-13(17)10-5-6-11(15(18)19)12(8-10)20-2/h5-6,8-9,16H,3-4,7H2,1-2H3,(H,14,17). The minimum atomic E-state index is -0.565. The van der Waals surface area contributed by atoms with E-state index in [0.717, 1.165) is 0 Å². The number of nitro benzene ring substituents is 1. The number of rotatable bonds is 7. The summed E-state index contributed by atoms with van der Waals surface area (Å²) in [4.78, 5) is 22.2. The molecular weight excluding hydrogens is 264 g/mol. The van der Waals surface area contributed by atoms with Crippen LogP contribution < -0.4 is 10.1 Å². The minimum absolute atomic E-state index is 0.0469. The molecule has 7 heteroatoms. The summed E-state index contributed by atoms with van der Waals surface area (Å²) in [6, 6.07) is 3.88. The van der Waals surface area contributed by atoms with Gasteiger partial charge in [-0.05, 0) is 25.8 Å². The Kier molecular flexibility index (Phi) is 5.92. The van der Waals surface area contributed by atoms with Gasteiger partial charge in [-0.3, -0.25) is 14.9 Å².